The van der Waals surface area contributed by atoms with Gasteiger partial charge in [0, 0.05) is 45.6 Å². The molecule has 2 aliphatic heterocycles. The van der Waals surface area contributed by atoms with Crippen LogP contribution in [0.1, 0.15) is 5.82 Å². The van der Waals surface area contributed by atoms with Gasteiger partial charge in [-0.25, -0.2) is 9.78 Å². The van der Waals surface area contributed by atoms with Gasteiger partial charge < -0.3 is 14.8 Å². The molecule has 1 N–H and O–H groups in total. The smallest absolute Gasteiger partial charge is 0.317 e. The van der Waals surface area contributed by atoms with E-state index in [9.17, 15) is 4.79 Å². The van der Waals surface area contributed by atoms with Gasteiger partial charge in [-0.3, -0.25) is 4.90 Å². The summed E-state index contributed by atoms with van der Waals surface area (Å²) in [6.45, 7) is 4.32. The predicted octanol–water partition coefficient (Wildman–Crippen LogP) is -0.370. The maximum absolute atomic E-state index is 11.5. The number of hydrogen-bond donors (Lipinski definition) is 1. The lowest BCUT2D eigenvalue weighted by Crippen LogP contribution is -2.51. The van der Waals surface area contributed by atoms with Crippen molar-refractivity contribution in [2.24, 2.45) is 7.05 Å². The molecule has 2 fully saturated rings. The summed E-state index contributed by atoms with van der Waals surface area (Å²) in [4.78, 5) is 20.1. The van der Waals surface area contributed by atoms with E-state index in [-0.39, 0.29) is 6.03 Å². The quantitative estimate of drug-likeness (QED) is 0.761. The molecule has 0 aliphatic carbocycles. The van der Waals surface area contributed by atoms with Gasteiger partial charge in [-0.2, -0.15) is 0 Å². The van der Waals surface area contributed by atoms with Gasteiger partial charge in [-0.05, 0) is 0 Å². The van der Waals surface area contributed by atoms with Crippen LogP contribution in [0.25, 0.3) is 0 Å². The van der Waals surface area contributed by atoms with Crippen LogP contribution in [0.4, 0.5) is 4.79 Å². The van der Waals surface area contributed by atoms with E-state index < -0.39 is 0 Å². The van der Waals surface area contributed by atoms with Crippen molar-refractivity contribution in [3.63, 3.8) is 0 Å². The third-order valence-electron chi connectivity index (χ3n) is 3.60. The number of amides is 2. The van der Waals surface area contributed by atoms with Crippen LogP contribution < -0.4 is 5.32 Å². The largest absolute Gasteiger partial charge is 0.337 e. The van der Waals surface area contributed by atoms with E-state index in [0.717, 1.165) is 38.5 Å². The molecular formula is C11H17N5O. The van der Waals surface area contributed by atoms with E-state index in [1.807, 2.05) is 28.9 Å². The second kappa shape index (κ2) is 4.03. The van der Waals surface area contributed by atoms with E-state index in [2.05, 4.69) is 15.2 Å². The first kappa shape index (κ1) is 10.6. The van der Waals surface area contributed by atoms with E-state index in [1.54, 1.807) is 0 Å². The van der Waals surface area contributed by atoms with Gasteiger partial charge in [0.15, 0.2) is 0 Å². The van der Waals surface area contributed by atoms with Gasteiger partial charge in [0.2, 0.25) is 0 Å². The maximum atomic E-state index is 11.5. The highest BCUT2D eigenvalue weighted by Gasteiger charge is 2.35. The third-order valence-corrected chi connectivity index (χ3v) is 3.60. The predicted molar refractivity (Wildman–Crippen MR) is 62.4 cm³/mol. The van der Waals surface area contributed by atoms with Crippen LogP contribution >= 0.6 is 0 Å². The Kier molecular flexibility index (Phi) is 2.51. The van der Waals surface area contributed by atoms with Gasteiger partial charge in [0.1, 0.15) is 5.82 Å². The molecule has 2 aliphatic rings. The fourth-order valence-electron chi connectivity index (χ4n) is 2.56. The van der Waals surface area contributed by atoms with Crippen LogP contribution in [0.5, 0.6) is 0 Å². The number of hydrogen-bond acceptors (Lipinski definition) is 3. The Balaban J connectivity index is 1.64. The van der Waals surface area contributed by atoms with E-state index in [4.69, 9.17) is 0 Å². The summed E-state index contributed by atoms with van der Waals surface area (Å²) in [5, 5.41) is 2.89. The van der Waals surface area contributed by atoms with Crippen LogP contribution in [-0.4, -0.2) is 57.6 Å². The summed E-state index contributed by atoms with van der Waals surface area (Å²) in [5.41, 5.74) is 0. The number of urea groups is 1. The summed E-state index contributed by atoms with van der Waals surface area (Å²) in [5.74, 6) is 1.08. The van der Waals surface area contributed by atoms with Gasteiger partial charge >= 0.3 is 6.03 Å². The van der Waals surface area contributed by atoms with Crippen molar-refractivity contribution in [1.82, 2.24) is 24.7 Å². The highest BCUT2D eigenvalue weighted by atomic mass is 16.2. The SMILES string of the molecule is Cn1ccnc1CN1CCN2C(=O)NC[C@H]2C1. The number of fused-ring (bicyclic) bond motifs is 1. The Morgan fingerprint density at radius 2 is 2.41 bits per heavy atom. The first-order chi connectivity index (χ1) is 8.24. The van der Waals surface area contributed by atoms with Crippen LogP contribution in [0.3, 0.4) is 0 Å². The maximum Gasteiger partial charge on any atom is 0.317 e. The molecule has 3 rings (SSSR count). The number of aryl methyl sites for hydroxylation is 1. The number of rotatable bonds is 2. The lowest BCUT2D eigenvalue weighted by atomic mass is 10.2. The average Bonchev–Trinajstić information content (AvgIpc) is 2.87. The molecule has 0 aromatic carbocycles. The number of nitrogens with one attached hydrogen (secondary N) is 1. The second-order valence-electron chi connectivity index (χ2n) is 4.72. The molecule has 2 amide bonds. The zero-order valence-corrected chi connectivity index (χ0v) is 9.96. The number of aromatic nitrogens is 2. The van der Waals surface area contributed by atoms with Gasteiger partial charge in [-0.1, -0.05) is 0 Å². The summed E-state index contributed by atoms with van der Waals surface area (Å²) >= 11 is 0. The molecule has 3 heterocycles. The Hall–Kier alpha value is -1.56. The average molecular weight is 235 g/mol. The molecular weight excluding hydrogens is 218 g/mol. The van der Waals surface area contributed by atoms with Crippen molar-refractivity contribution in [1.29, 1.82) is 0 Å². The minimum atomic E-state index is 0.0895. The number of carbonyl (C=O) groups is 1. The molecule has 0 saturated carbocycles. The minimum absolute atomic E-state index is 0.0895. The lowest BCUT2D eigenvalue weighted by molar-refractivity contribution is 0.114. The van der Waals surface area contributed by atoms with Gasteiger partial charge in [-0.15, -0.1) is 0 Å². The molecule has 1 atom stereocenters. The van der Waals surface area contributed by atoms with Crippen LogP contribution in [0.15, 0.2) is 12.4 Å². The number of nitrogens with zero attached hydrogens (tertiary/aromatic N) is 4. The number of piperazine rings is 1. The fraction of sp³-hybridized carbons (Fsp3) is 0.636. The summed E-state index contributed by atoms with van der Waals surface area (Å²) in [7, 11) is 2.01. The van der Waals surface area contributed by atoms with Crippen molar-refractivity contribution >= 4 is 6.03 Å². The number of carbonyl (C=O) groups excluding carboxylic acids is 1. The molecule has 1 aromatic heterocycles. The van der Waals surface area contributed by atoms with E-state index in [1.165, 1.54) is 0 Å². The molecule has 17 heavy (non-hydrogen) atoms. The molecule has 2 saturated heterocycles. The Bertz CT molecular complexity index is 429. The molecule has 0 bridgehead atoms. The molecule has 1 aromatic rings. The second-order valence-corrected chi connectivity index (χ2v) is 4.72. The van der Waals surface area contributed by atoms with Crippen molar-refractivity contribution in [3.05, 3.63) is 18.2 Å². The Morgan fingerprint density at radius 3 is 3.18 bits per heavy atom. The van der Waals surface area contributed by atoms with Crippen molar-refractivity contribution in [3.8, 4) is 0 Å². The van der Waals surface area contributed by atoms with E-state index in [0.29, 0.717) is 6.04 Å². The fourth-order valence-corrected chi connectivity index (χ4v) is 2.56. The topological polar surface area (TPSA) is 53.4 Å². The molecule has 92 valence electrons. The molecule has 0 unspecified atom stereocenters. The molecule has 0 spiro atoms. The first-order valence-electron chi connectivity index (χ1n) is 5.97. The van der Waals surface area contributed by atoms with Crippen molar-refractivity contribution in [2.75, 3.05) is 26.2 Å². The molecule has 6 heteroatoms. The Labute approximate surface area is 100 Å². The number of imidazole rings is 1. The van der Waals surface area contributed by atoms with Crippen LogP contribution in [0, 0.1) is 0 Å². The van der Waals surface area contributed by atoms with Crippen molar-refractivity contribution in [2.45, 2.75) is 12.6 Å². The van der Waals surface area contributed by atoms with Crippen LogP contribution in [0.2, 0.25) is 0 Å². The zero-order valence-electron chi connectivity index (χ0n) is 9.96. The third kappa shape index (κ3) is 1.88. The van der Waals surface area contributed by atoms with Crippen LogP contribution in [-0.2, 0) is 13.6 Å². The highest BCUT2D eigenvalue weighted by molar-refractivity contribution is 5.77. The van der Waals surface area contributed by atoms with Gasteiger partial charge in [0.05, 0.1) is 12.6 Å². The standard InChI is InChI=1S/C11H17N5O/c1-14-3-2-12-10(14)8-15-4-5-16-9(7-15)6-13-11(16)17/h2-3,9H,4-8H2,1H3,(H,13,17)/t9-/m0/s1. The summed E-state index contributed by atoms with van der Waals surface area (Å²) < 4.78 is 2.05. The molecule has 6 nitrogen and oxygen atoms in total. The summed E-state index contributed by atoms with van der Waals surface area (Å²) in [6, 6.07) is 0.420. The minimum Gasteiger partial charge on any atom is -0.337 e. The normalized spacial score (nSPS) is 24.9. The monoisotopic (exact) mass is 235 g/mol. The van der Waals surface area contributed by atoms with E-state index >= 15 is 0 Å². The zero-order chi connectivity index (χ0) is 11.8. The lowest BCUT2D eigenvalue weighted by Gasteiger charge is -2.36. The highest BCUT2D eigenvalue weighted by Crippen LogP contribution is 2.15. The first-order valence-corrected chi connectivity index (χ1v) is 5.97. The Morgan fingerprint density at radius 1 is 1.53 bits per heavy atom. The molecule has 0 radical (unpaired) electrons. The van der Waals surface area contributed by atoms with Gasteiger partial charge in [0.25, 0.3) is 0 Å². The summed E-state index contributed by atoms with van der Waals surface area (Å²) in [6.07, 6.45) is 3.79. The van der Waals surface area contributed by atoms with Crippen molar-refractivity contribution < 1.29 is 4.79 Å².